The molecule has 0 atom stereocenters. The quantitative estimate of drug-likeness (QED) is 0.193. The summed E-state index contributed by atoms with van der Waals surface area (Å²) in [6.07, 6.45) is 3.82. The second-order valence-corrected chi connectivity index (χ2v) is 12.4. The minimum absolute atomic E-state index is 0.943. The van der Waals surface area contributed by atoms with E-state index in [4.69, 9.17) is 4.98 Å². The Bertz CT molecular complexity index is 2820. The van der Waals surface area contributed by atoms with Crippen LogP contribution in [0.2, 0.25) is 0 Å². The summed E-state index contributed by atoms with van der Waals surface area (Å²) in [7, 11) is 0. The molecule has 0 spiro atoms. The maximum atomic E-state index is 4.87. The molecule has 3 nitrogen and oxygen atoms in total. The standard InChI is InChI=1S/C42H27N3/c1-24-25(2)45(37-17-15-28-9-8-26-5-3-6-27-14-16-35(37)40(28)39(26)27)38-22-31-12-11-30(19-33(31)21-36(24)38)34-20-32-13-10-29-7-4-18-43-41(29)42(32)44-23-34/h3-23H,1-2H3. The van der Waals surface area contributed by atoms with E-state index >= 15 is 0 Å². The third-order valence-electron chi connectivity index (χ3n) is 9.98. The normalized spacial score (nSPS) is 12.2. The molecule has 0 N–H and O–H groups in total. The molecule has 0 aliphatic rings. The van der Waals surface area contributed by atoms with Gasteiger partial charge in [-0.05, 0) is 99.1 Å². The second kappa shape index (κ2) is 8.87. The van der Waals surface area contributed by atoms with Crippen LogP contribution in [0.5, 0.6) is 0 Å². The van der Waals surface area contributed by atoms with E-state index in [9.17, 15) is 0 Å². The predicted molar refractivity (Wildman–Crippen MR) is 190 cm³/mol. The van der Waals surface area contributed by atoms with Crippen molar-refractivity contribution in [2.75, 3.05) is 0 Å². The van der Waals surface area contributed by atoms with E-state index in [0.29, 0.717) is 0 Å². The average molecular weight is 574 g/mol. The van der Waals surface area contributed by atoms with E-state index in [0.717, 1.165) is 32.9 Å². The van der Waals surface area contributed by atoms with E-state index in [1.807, 2.05) is 18.5 Å². The molecule has 45 heavy (non-hydrogen) atoms. The molecule has 10 aromatic rings. The van der Waals surface area contributed by atoms with Gasteiger partial charge >= 0.3 is 0 Å². The zero-order valence-electron chi connectivity index (χ0n) is 25.0. The van der Waals surface area contributed by atoms with Crippen LogP contribution in [0, 0.1) is 13.8 Å². The van der Waals surface area contributed by atoms with Crippen molar-refractivity contribution in [1.82, 2.24) is 14.5 Å². The Morgan fingerprint density at radius 3 is 2.07 bits per heavy atom. The molecule has 0 amide bonds. The molecule has 0 aliphatic carbocycles. The highest BCUT2D eigenvalue weighted by molar-refractivity contribution is 6.24. The van der Waals surface area contributed by atoms with Crippen molar-refractivity contribution in [1.29, 1.82) is 0 Å². The number of nitrogens with zero attached hydrogens (tertiary/aromatic N) is 3. The highest BCUT2D eigenvalue weighted by Crippen LogP contribution is 2.40. The van der Waals surface area contributed by atoms with Crippen LogP contribution in [0.3, 0.4) is 0 Å². The van der Waals surface area contributed by atoms with Crippen molar-refractivity contribution < 1.29 is 0 Å². The van der Waals surface area contributed by atoms with E-state index in [1.165, 1.54) is 70.9 Å². The van der Waals surface area contributed by atoms with Gasteiger partial charge in [-0.1, -0.05) is 78.9 Å². The smallest absolute Gasteiger partial charge is 0.0964 e. The number of fused-ring (bicyclic) bond motifs is 5. The van der Waals surface area contributed by atoms with Crippen LogP contribution < -0.4 is 0 Å². The van der Waals surface area contributed by atoms with Crippen molar-refractivity contribution in [3.05, 3.63) is 139 Å². The summed E-state index contributed by atoms with van der Waals surface area (Å²) < 4.78 is 2.47. The summed E-state index contributed by atoms with van der Waals surface area (Å²) in [6.45, 7) is 4.51. The van der Waals surface area contributed by atoms with Gasteiger partial charge < -0.3 is 4.57 Å². The molecule has 0 saturated heterocycles. The molecule has 10 rings (SSSR count). The molecule has 0 radical (unpaired) electrons. The minimum atomic E-state index is 0.943. The lowest BCUT2D eigenvalue weighted by Crippen LogP contribution is -1.99. The van der Waals surface area contributed by atoms with E-state index in [1.54, 1.807) is 0 Å². The number of hydrogen-bond acceptors (Lipinski definition) is 2. The molecule has 3 aromatic heterocycles. The van der Waals surface area contributed by atoms with Gasteiger partial charge in [0.1, 0.15) is 0 Å². The van der Waals surface area contributed by atoms with Crippen LogP contribution >= 0.6 is 0 Å². The Morgan fingerprint density at radius 1 is 0.489 bits per heavy atom. The van der Waals surface area contributed by atoms with Gasteiger partial charge in [0.05, 0.1) is 22.2 Å². The number of rotatable bonds is 2. The Labute approximate surface area is 259 Å². The maximum absolute atomic E-state index is 4.87. The zero-order valence-corrected chi connectivity index (χ0v) is 25.0. The van der Waals surface area contributed by atoms with Gasteiger partial charge in [0.15, 0.2) is 0 Å². The monoisotopic (exact) mass is 573 g/mol. The first-order valence-corrected chi connectivity index (χ1v) is 15.5. The summed E-state index contributed by atoms with van der Waals surface area (Å²) in [5, 5.41) is 13.8. The summed E-state index contributed by atoms with van der Waals surface area (Å²) in [4.78, 5) is 9.46. The largest absolute Gasteiger partial charge is 0.313 e. The fourth-order valence-electron chi connectivity index (χ4n) is 7.61. The highest BCUT2D eigenvalue weighted by Gasteiger charge is 2.18. The van der Waals surface area contributed by atoms with Crippen molar-refractivity contribution in [3.63, 3.8) is 0 Å². The molecule has 0 aliphatic heterocycles. The summed E-state index contributed by atoms with van der Waals surface area (Å²) in [5.41, 5.74) is 9.23. The Hall–Kier alpha value is -5.80. The van der Waals surface area contributed by atoms with Gasteiger partial charge in [-0.15, -0.1) is 0 Å². The first-order valence-electron chi connectivity index (χ1n) is 15.5. The van der Waals surface area contributed by atoms with Gasteiger partial charge in [-0.3, -0.25) is 9.97 Å². The van der Waals surface area contributed by atoms with Crippen LogP contribution in [0.25, 0.3) is 92.6 Å². The molecular weight excluding hydrogens is 546 g/mol. The van der Waals surface area contributed by atoms with Crippen molar-refractivity contribution >= 4 is 75.8 Å². The van der Waals surface area contributed by atoms with Crippen molar-refractivity contribution in [3.8, 4) is 16.8 Å². The summed E-state index contributed by atoms with van der Waals surface area (Å²) in [5.74, 6) is 0. The van der Waals surface area contributed by atoms with Crippen LogP contribution in [-0.2, 0) is 0 Å². The predicted octanol–water partition coefficient (Wildman–Crippen LogP) is 11.1. The summed E-state index contributed by atoms with van der Waals surface area (Å²) in [6, 6.07) is 42.4. The van der Waals surface area contributed by atoms with Crippen molar-refractivity contribution in [2.24, 2.45) is 0 Å². The molecular formula is C42H27N3. The van der Waals surface area contributed by atoms with Crippen LogP contribution in [0.15, 0.2) is 128 Å². The van der Waals surface area contributed by atoms with Gasteiger partial charge in [0.2, 0.25) is 0 Å². The number of hydrogen-bond donors (Lipinski definition) is 0. The molecule has 210 valence electrons. The molecule has 3 heteroatoms. The first-order chi connectivity index (χ1) is 22.1. The van der Waals surface area contributed by atoms with Crippen LogP contribution in [0.4, 0.5) is 0 Å². The molecule has 7 aromatic carbocycles. The molecule has 3 heterocycles. The minimum Gasteiger partial charge on any atom is -0.313 e. The Morgan fingerprint density at radius 2 is 1.18 bits per heavy atom. The van der Waals surface area contributed by atoms with Gasteiger partial charge in [0.25, 0.3) is 0 Å². The maximum Gasteiger partial charge on any atom is 0.0964 e. The fourth-order valence-corrected chi connectivity index (χ4v) is 7.61. The SMILES string of the molecule is Cc1c(C)n(-c2ccc3ccc4cccc5ccc2c3c45)c2cc3ccc(-c4cnc5c(ccc6cccnc65)c4)cc3cc12. The highest BCUT2D eigenvalue weighted by atomic mass is 15.0. The first kappa shape index (κ1) is 24.6. The lowest BCUT2D eigenvalue weighted by Gasteiger charge is -2.17. The number of pyridine rings is 2. The second-order valence-electron chi connectivity index (χ2n) is 12.4. The zero-order chi connectivity index (χ0) is 29.8. The van der Waals surface area contributed by atoms with Crippen LogP contribution in [0.1, 0.15) is 11.3 Å². The van der Waals surface area contributed by atoms with E-state index in [-0.39, 0.29) is 0 Å². The van der Waals surface area contributed by atoms with Gasteiger partial charge in [0, 0.05) is 45.2 Å². The number of benzene rings is 7. The lowest BCUT2D eigenvalue weighted by atomic mass is 9.93. The molecule has 0 bridgehead atoms. The van der Waals surface area contributed by atoms with Gasteiger partial charge in [-0.2, -0.15) is 0 Å². The number of aryl methyl sites for hydroxylation is 1. The average Bonchev–Trinajstić information content (AvgIpc) is 3.33. The third kappa shape index (κ3) is 3.41. The Balaban J connectivity index is 1.16. The third-order valence-corrected chi connectivity index (χ3v) is 9.98. The fraction of sp³-hybridized carbons (Fsp3) is 0.0476. The topological polar surface area (TPSA) is 30.7 Å². The van der Waals surface area contributed by atoms with E-state index < -0.39 is 0 Å². The summed E-state index contributed by atoms with van der Waals surface area (Å²) >= 11 is 0. The molecule has 0 fully saturated rings. The number of aromatic nitrogens is 3. The van der Waals surface area contributed by atoms with Crippen LogP contribution in [-0.4, -0.2) is 14.5 Å². The molecule has 0 saturated carbocycles. The van der Waals surface area contributed by atoms with Gasteiger partial charge in [-0.25, -0.2) is 0 Å². The van der Waals surface area contributed by atoms with Crippen molar-refractivity contribution in [2.45, 2.75) is 13.8 Å². The van der Waals surface area contributed by atoms with E-state index in [2.05, 4.69) is 133 Å². The lowest BCUT2D eigenvalue weighted by molar-refractivity contribution is 1.05. The Kier molecular flexibility index (Phi) is 4.85. The molecule has 0 unspecified atom stereocenters.